The van der Waals surface area contributed by atoms with E-state index in [-0.39, 0.29) is 0 Å². The molecule has 0 bridgehead atoms. The van der Waals surface area contributed by atoms with Crippen LogP contribution in [0.15, 0.2) is 42.5 Å². The Morgan fingerprint density at radius 2 is 2.10 bits per heavy atom. The minimum Gasteiger partial charge on any atom is -0.366 e. The Bertz CT molecular complexity index is 807. The number of nitrogens with one attached hydrogen (secondary N) is 2. The fourth-order valence-electron chi connectivity index (χ4n) is 2.40. The van der Waals surface area contributed by atoms with E-state index >= 15 is 0 Å². The SMILES string of the molecule is CNCc1cccc(-c2nc3c(C(N)=O)cccc3[nH]2)c1. The number of nitrogens with two attached hydrogens (primary N) is 1. The van der Waals surface area contributed by atoms with E-state index in [1.165, 1.54) is 5.56 Å². The first-order valence-electron chi connectivity index (χ1n) is 6.71. The quantitative estimate of drug-likeness (QED) is 0.684. The van der Waals surface area contributed by atoms with E-state index in [0.29, 0.717) is 11.1 Å². The van der Waals surface area contributed by atoms with E-state index in [1.807, 2.05) is 25.2 Å². The van der Waals surface area contributed by atoms with Crippen LogP contribution in [0.1, 0.15) is 15.9 Å². The van der Waals surface area contributed by atoms with Crippen molar-refractivity contribution in [2.45, 2.75) is 6.54 Å². The van der Waals surface area contributed by atoms with Gasteiger partial charge < -0.3 is 16.0 Å². The Labute approximate surface area is 122 Å². The lowest BCUT2D eigenvalue weighted by molar-refractivity contribution is 0.100. The summed E-state index contributed by atoms with van der Waals surface area (Å²) in [7, 11) is 1.91. The number of primary amides is 1. The molecule has 1 amide bonds. The highest BCUT2D eigenvalue weighted by molar-refractivity contribution is 6.04. The number of hydrogen-bond donors (Lipinski definition) is 3. The summed E-state index contributed by atoms with van der Waals surface area (Å²) in [5, 5.41) is 3.12. The first kappa shape index (κ1) is 13.3. The van der Waals surface area contributed by atoms with Crippen molar-refractivity contribution in [3.05, 3.63) is 53.6 Å². The summed E-state index contributed by atoms with van der Waals surface area (Å²) in [6.07, 6.45) is 0. The van der Waals surface area contributed by atoms with Gasteiger partial charge in [-0.15, -0.1) is 0 Å². The number of imidazole rings is 1. The van der Waals surface area contributed by atoms with Crippen molar-refractivity contribution in [2.24, 2.45) is 5.73 Å². The van der Waals surface area contributed by atoms with Crippen LogP contribution in [0.3, 0.4) is 0 Å². The molecule has 0 aliphatic heterocycles. The molecule has 0 atom stereocenters. The summed E-state index contributed by atoms with van der Waals surface area (Å²) in [6.45, 7) is 0.792. The van der Waals surface area contributed by atoms with Crippen molar-refractivity contribution in [1.29, 1.82) is 0 Å². The molecule has 5 heteroatoms. The second kappa shape index (κ2) is 5.38. The number of hydrogen-bond acceptors (Lipinski definition) is 3. The number of para-hydroxylation sites is 1. The highest BCUT2D eigenvalue weighted by atomic mass is 16.1. The molecule has 0 spiro atoms. The van der Waals surface area contributed by atoms with Gasteiger partial charge in [-0.3, -0.25) is 4.79 Å². The smallest absolute Gasteiger partial charge is 0.250 e. The lowest BCUT2D eigenvalue weighted by Crippen LogP contribution is -2.11. The number of carbonyl (C=O) groups is 1. The van der Waals surface area contributed by atoms with Gasteiger partial charge in [0.25, 0.3) is 5.91 Å². The highest BCUT2D eigenvalue weighted by Gasteiger charge is 2.12. The summed E-state index contributed by atoms with van der Waals surface area (Å²) < 4.78 is 0. The molecular weight excluding hydrogens is 264 g/mol. The third-order valence-corrected chi connectivity index (χ3v) is 3.36. The molecule has 1 heterocycles. The van der Waals surface area contributed by atoms with Crippen molar-refractivity contribution < 1.29 is 4.79 Å². The molecular formula is C16H16N4O. The molecule has 0 fully saturated rings. The van der Waals surface area contributed by atoms with E-state index in [0.717, 1.165) is 23.4 Å². The predicted molar refractivity (Wildman–Crippen MR) is 82.8 cm³/mol. The van der Waals surface area contributed by atoms with Gasteiger partial charge in [0, 0.05) is 12.1 Å². The fraction of sp³-hybridized carbons (Fsp3) is 0.125. The highest BCUT2D eigenvalue weighted by Crippen LogP contribution is 2.23. The average molecular weight is 280 g/mol. The molecule has 0 unspecified atom stereocenters. The summed E-state index contributed by atoms with van der Waals surface area (Å²) in [5.74, 6) is 0.263. The van der Waals surface area contributed by atoms with Crippen molar-refractivity contribution in [3.8, 4) is 11.4 Å². The van der Waals surface area contributed by atoms with E-state index < -0.39 is 5.91 Å². The third-order valence-electron chi connectivity index (χ3n) is 3.36. The van der Waals surface area contributed by atoms with Crippen LogP contribution in [0.25, 0.3) is 22.4 Å². The maximum atomic E-state index is 11.5. The summed E-state index contributed by atoms with van der Waals surface area (Å²) in [5.41, 5.74) is 9.39. The topological polar surface area (TPSA) is 83.8 Å². The van der Waals surface area contributed by atoms with Gasteiger partial charge in [-0.25, -0.2) is 4.98 Å². The van der Waals surface area contributed by atoms with E-state index in [9.17, 15) is 4.79 Å². The summed E-state index contributed by atoms with van der Waals surface area (Å²) in [6, 6.07) is 13.5. The van der Waals surface area contributed by atoms with Gasteiger partial charge >= 0.3 is 0 Å². The number of aromatic nitrogens is 2. The molecule has 0 aliphatic carbocycles. The van der Waals surface area contributed by atoms with Crippen molar-refractivity contribution in [1.82, 2.24) is 15.3 Å². The molecule has 2 aromatic carbocycles. The van der Waals surface area contributed by atoms with Crippen LogP contribution in [0.5, 0.6) is 0 Å². The zero-order valence-corrected chi connectivity index (χ0v) is 11.7. The van der Waals surface area contributed by atoms with Crippen molar-refractivity contribution in [2.75, 3.05) is 7.05 Å². The monoisotopic (exact) mass is 280 g/mol. The lowest BCUT2D eigenvalue weighted by atomic mass is 10.1. The van der Waals surface area contributed by atoms with E-state index in [4.69, 9.17) is 5.73 Å². The van der Waals surface area contributed by atoms with Crippen LogP contribution in [-0.4, -0.2) is 22.9 Å². The van der Waals surface area contributed by atoms with Crippen LogP contribution in [0.2, 0.25) is 0 Å². The van der Waals surface area contributed by atoms with E-state index in [2.05, 4.69) is 27.4 Å². The zero-order chi connectivity index (χ0) is 14.8. The molecule has 0 radical (unpaired) electrons. The molecule has 0 saturated heterocycles. The Morgan fingerprint density at radius 1 is 1.29 bits per heavy atom. The second-order valence-electron chi connectivity index (χ2n) is 4.88. The Hall–Kier alpha value is -2.66. The normalized spacial score (nSPS) is 10.9. The van der Waals surface area contributed by atoms with Gasteiger partial charge in [0.2, 0.25) is 0 Å². The lowest BCUT2D eigenvalue weighted by Gasteiger charge is -2.02. The average Bonchev–Trinajstić information content (AvgIpc) is 2.91. The summed E-state index contributed by atoms with van der Waals surface area (Å²) >= 11 is 0. The number of rotatable bonds is 4. The second-order valence-corrected chi connectivity index (χ2v) is 4.88. The Morgan fingerprint density at radius 3 is 2.86 bits per heavy atom. The number of carbonyl (C=O) groups excluding carboxylic acids is 1. The molecule has 0 aliphatic rings. The molecule has 0 saturated carbocycles. The molecule has 21 heavy (non-hydrogen) atoms. The number of benzene rings is 2. The summed E-state index contributed by atoms with van der Waals surface area (Å²) in [4.78, 5) is 19.2. The van der Waals surface area contributed by atoms with Gasteiger partial charge in [0.1, 0.15) is 11.3 Å². The van der Waals surface area contributed by atoms with Crippen LogP contribution in [0.4, 0.5) is 0 Å². The van der Waals surface area contributed by atoms with Gasteiger partial charge in [-0.05, 0) is 30.8 Å². The maximum Gasteiger partial charge on any atom is 0.250 e. The van der Waals surface area contributed by atoms with Gasteiger partial charge in [0.15, 0.2) is 0 Å². The predicted octanol–water partition coefficient (Wildman–Crippen LogP) is 2.05. The molecule has 4 N–H and O–H groups in total. The molecule has 3 aromatic rings. The number of amides is 1. The molecule has 3 rings (SSSR count). The number of nitrogens with zero attached hydrogens (tertiary/aromatic N) is 1. The molecule has 5 nitrogen and oxygen atoms in total. The Balaban J connectivity index is 2.11. The first-order valence-corrected chi connectivity index (χ1v) is 6.71. The van der Waals surface area contributed by atoms with Crippen LogP contribution in [0, 0.1) is 0 Å². The van der Waals surface area contributed by atoms with Crippen molar-refractivity contribution >= 4 is 16.9 Å². The van der Waals surface area contributed by atoms with Crippen LogP contribution < -0.4 is 11.1 Å². The number of H-pyrrole nitrogens is 1. The fourth-order valence-corrected chi connectivity index (χ4v) is 2.40. The zero-order valence-electron chi connectivity index (χ0n) is 11.7. The van der Waals surface area contributed by atoms with Gasteiger partial charge in [-0.1, -0.05) is 24.3 Å². The minimum atomic E-state index is -0.470. The third kappa shape index (κ3) is 2.51. The standard InChI is InChI=1S/C16H16N4O/c1-18-9-10-4-2-5-11(8-10)16-19-13-7-3-6-12(15(17)21)14(13)20-16/h2-8,18H,9H2,1H3,(H2,17,21)(H,19,20). The van der Waals surface area contributed by atoms with Gasteiger partial charge in [-0.2, -0.15) is 0 Å². The molecule has 106 valence electrons. The van der Waals surface area contributed by atoms with Crippen LogP contribution >= 0.6 is 0 Å². The molecule has 1 aromatic heterocycles. The first-order chi connectivity index (χ1) is 10.2. The maximum absolute atomic E-state index is 11.5. The minimum absolute atomic E-state index is 0.432. The van der Waals surface area contributed by atoms with Crippen LogP contribution in [-0.2, 0) is 6.54 Å². The number of aromatic amines is 1. The van der Waals surface area contributed by atoms with Gasteiger partial charge in [0.05, 0.1) is 11.1 Å². The Kier molecular flexibility index (Phi) is 3.41. The van der Waals surface area contributed by atoms with E-state index in [1.54, 1.807) is 12.1 Å². The van der Waals surface area contributed by atoms with Crippen molar-refractivity contribution in [3.63, 3.8) is 0 Å². The largest absolute Gasteiger partial charge is 0.366 e. The number of fused-ring (bicyclic) bond motifs is 1.